The van der Waals surface area contributed by atoms with E-state index >= 15 is 0 Å². The fourth-order valence-corrected chi connectivity index (χ4v) is 3.63. The molecule has 0 spiro atoms. The quantitative estimate of drug-likeness (QED) is 0.852. The van der Waals surface area contributed by atoms with E-state index in [0.29, 0.717) is 5.92 Å². The Bertz CT molecular complexity index is 594. The summed E-state index contributed by atoms with van der Waals surface area (Å²) in [5.41, 5.74) is 2.35. The van der Waals surface area contributed by atoms with Crippen LogP contribution in [0.25, 0.3) is 0 Å². The molecule has 22 heavy (non-hydrogen) atoms. The SMILES string of the molecule is CCc1nc(CNC[C@H]2CCO[C@H]2c2cnn(CC)c2)cs1. The Labute approximate surface area is 135 Å². The first-order valence-electron chi connectivity index (χ1n) is 8.08. The number of aryl methyl sites for hydroxylation is 2. The molecule has 0 saturated carbocycles. The smallest absolute Gasteiger partial charge is 0.0926 e. The Morgan fingerprint density at radius 3 is 3.09 bits per heavy atom. The number of ether oxygens (including phenoxy) is 1. The lowest BCUT2D eigenvalue weighted by molar-refractivity contribution is 0.0903. The van der Waals surface area contributed by atoms with Crippen LogP contribution in [0.1, 0.15) is 42.6 Å². The summed E-state index contributed by atoms with van der Waals surface area (Å²) in [4.78, 5) is 4.60. The van der Waals surface area contributed by atoms with Crippen molar-refractivity contribution in [1.29, 1.82) is 0 Å². The Balaban J connectivity index is 1.52. The van der Waals surface area contributed by atoms with Gasteiger partial charge in [-0.15, -0.1) is 11.3 Å². The molecule has 2 aromatic rings. The number of aromatic nitrogens is 3. The van der Waals surface area contributed by atoms with Crippen molar-refractivity contribution in [2.75, 3.05) is 13.2 Å². The first-order valence-corrected chi connectivity index (χ1v) is 8.96. The Morgan fingerprint density at radius 1 is 1.45 bits per heavy atom. The monoisotopic (exact) mass is 320 g/mol. The van der Waals surface area contributed by atoms with E-state index in [4.69, 9.17) is 4.74 Å². The van der Waals surface area contributed by atoms with Gasteiger partial charge in [0.15, 0.2) is 0 Å². The highest BCUT2D eigenvalue weighted by molar-refractivity contribution is 7.09. The van der Waals surface area contributed by atoms with Gasteiger partial charge in [-0.2, -0.15) is 5.10 Å². The summed E-state index contributed by atoms with van der Waals surface area (Å²) in [7, 11) is 0. The molecule has 6 heteroatoms. The molecule has 1 fully saturated rings. The molecule has 3 rings (SSSR count). The molecule has 0 unspecified atom stereocenters. The predicted molar refractivity (Wildman–Crippen MR) is 87.9 cm³/mol. The van der Waals surface area contributed by atoms with Gasteiger partial charge in [0, 0.05) is 49.3 Å². The average molecular weight is 320 g/mol. The molecule has 2 aromatic heterocycles. The van der Waals surface area contributed by atoms with Gasteiger partial charge < -0.3 is 10.1 Å². The van der Waals surface area contributed by atoms with Crippen molar-refractivity contribution in [3.8, 4) is 0 Å². The zero-order chi connectivity index (χ0) is 15.4. The van der Waals surface area contributed by atoms with Gasteiger partial charge in [0.05, 0.1) is 23.0 Å². The zero-order valence-electron chi connectivity index (χ0n) is 13.3. The molecule has 120 valence electrons. The summed E-state index contributed by atoms with van der Waals surface area (Å²) in [6.07, 6.45) is 6.35. The molecule has 5 nitrogen and oxygen atoms in total. The Hall–Kier alpha value is -1.24. The molecule has 1 N–H and O–H groups in total. The molecule has 1 saturated heterocycles. The molecule has 3 heterocycles. The van der Waals surface area contributed by atoms with Crippen LogP contribution in [-0.4, -0.2) is 27.9 Å². The van der Waals surface area contributed by atoms with Crippen molar-refractivity contribution >= 4 is 11.3 Å². The predicted octanol–water partition coefficient (Wildman–Crippen LogP) is 2.79. The van der Waals surface area contributed by atoms with Gasteiger partial charge in [-0.25, -0.2) is 4.98 Å². The molecule has 0 aromatic carbocycles. The van der Waals surface area contributed by atoms with Gasteiger partial charge >= 0.3 is 0 Å². The Kier molecular flexibility index (Phi) is 5.23. The second-order valence-electron chi connectivity index (χ2n) is 5.69. The van der Waals surface area contributed by atoms with Crippen LogP contribution in [0.15, 0.2) is 17.8 Å². The molecule has 0 aliphatic carbocycles. The van der Waals surface area contributed by atoms with Gasteiger partial charge in [-0.3, -0.25) is 4.68 Å². The largest absolute Gasteiger partial charge is 0.373 e. The van der Waals surface area contributed by atoms with Crippen molar-refractivity contribution in [3.05, 3.63) is 34.0 Å². The Morgan fingerprint density at radius 2 is 2.36 bits per heavy atom. The molecule has 0 amide bonds. The summed E-state index contributed by atoms with van der Waals surface area (Å²) in [5.74, 6) is 0.513. The first kappa shape index (κ1) is 15.6. The van der Waals surface area contributed by atoms with Gasteiger partial charge in [0.1, 0.15) is 0 Å². The fourth-order valence-electron chi connectivity index (χ4n) is 2.89. The van der Waals surface area contributed by atoms with E-state index in [0.717, 1.165) is 44.8 Å². The van der Waals surface area contributed by atoms with Gasteiger partial charge in [-0.1, -0.05) is 6.92 Å². The highest BCUT2D eigenvalue weighted by atomic mass is 32.1. The maximum absolute atomic E-state index is 5.93. The standard InChI is InChI=1S/C16H24N4OS/c1-3-15-19-14(11-22-15)9-17-7-12-5-6-21-16(12)13-8-18-20(4-2)10-13/h8,10-12,16-17H,3-7,9H2,1-2H3/t12-,16-/m1/s1. The van der Waals surface area contributed by atoms with Crippen LogP contribution < -0.4 is 5.32 Å². The molecule has 2 atom stereocenters. The van der Waals surface area contributed by atoms with E-state index in [1.54, 1.807) is 11.3 Å². The third-order valence-electron chi connectivity index (χ3n) is 4.13. The van der Waals surface area contributed by atoms with Crippen LogP contribution in [0, 0.1) is 5.92 Å². The van der Waals surface area contributed by atoms with Gasteiger partial charge in [0.2, 0.25) is 0 Å². The van der Waals surface area contributed by atoms with E-state index in [2.05, 4.69) is 40.8 Å². The summed E-state index contributed by atoms with van der Waals surface area (Å²) < 4.78 is 7.89. The maximum Gasteiger partial charge on any atom is 0.0926 e. The van der Waals surface area contributed by atoms with Crippen molar-refractivity contribution in [2.24, 2.45) is 5.92 Å². The second-order valence-corrected chi connectivity index (χ2v) is 6.63. The third-order valence-corrected chi connectivity index (χ3v) is 5.18. The number of hydrogen-bond acceptors (Lipinski definition) is 5. The second kappa shape index (κ2) is 7.35. The van der Waals surface area contributed by atoms with Gasteiger partial charge in [0.25, 0.3) is 0 Å². The van der Waals surface area contributed by atoms with Crippen molar-refractivity contribution in [3.63, 3.8) is 0 Å². The number of thiazole rings is 1. The number of rotatable bonds is 7. The minimum Gasteiger partial charge on any atom is -0.373 e. The average Bonchev–Trinajstić information content (AvgIpc) is 3.27. The highest BCUT2D eigenvalue weighted by Gasteiger charge is 2.30. The van der Waals surface area contributed by atoms with E-state index in [1.807, 2.05) is 10.9 Å². The van der Waals surface area contributed by atoms with Crippen LogP contribution in [0.5, 0.6) is 0 Å². The number of nitrogens with zero attached hydrogens (tertiary/aromatic N) is 3. The highest BCUT2D eigenvalue weighted by Crippen LogP contribution is 2.33. The van der Waals surface area contributed by atoms with Crippen LogP contribution in [0.3, 0.4) is 0 Å². The van der Waals surface area contributed by atoms with Crippen molar-refractivity contribution in [1.82, 2.24) is 20.1 Å². The fraction of sp³-hybridized carbons (Fsp3) is 0.625. The molecule has 1 aliphatic rings. The topological polar surface area (TPSA) is 52.0 Å². The van der Waals surface area contributed by atoms with E-state index in [-0.39, 0.29) is 6.10 Å². The molecule has 1 aliphatic heterocycles. The lowest BCUT2D eigenvalue weighted by atomic mass is 9.97. The first-order chi connectivity index (χ1) is 10.8. The molecule has 0 radical (unpaired) electrons. The molecular formula is C16H24N4OS. The summed E-state index contributed by atoms with van der Waals surface area (Å²) >= 11 is 1.75. The van der Waals surface area contributed by atoms with Crippen LogP contribution in [0.4, 0.5) is 0 Å². The van der Waals surface area contributed by atoms with E-state index in [1.165, 1.54) is 10.6 Å². The third kappa shape index (κ3) is 3.56. The summed E-state index contributed by atoms with van der Waals surface area (Å²) in [5, 5.41) is 11.3. The van der Waals surface area contributed by atoms with Crippen LogP contribution >= 0.6 is 11.3 Å². The van der Waals surface area contributed by atoms with Crippen molar-refractivity contribution in [2.45, 2.75) is 45.9 Å². The van der Waals surface area contributed by atoms with Crippen LogP contribution in [0.2, 0.25) is 0 Å². The van der Waals surface area contributed by atoms with E-state index in [9.17, 15) is 0 Å². The lowest BCUT2D eigenvalue weighted by Gasteiger charge is -2.17. The number of nitrogens with one attached hydrogen (secondary N) is 1. The summed E-state index contributed by atoms with van der Waals surface area (Å²) in [6, 6.07) is 0. The maximum atomic E-state index is 5.93. The number of hydrogen-bond donors (Lipinski definition) is 1. The normalized spacial score (nSPS) is 21.5. The zero-order valence-corrected chi connectivity index (χ0v) is 14.1. The van der Waals surface area contributed by atoms with Crippen LogP contribution in [-0.2, 0) is 24.2 Å². The molecular weight excluding hydrogens is 296 g/mol. The minimum absolute atomic E-state index is 0.175. The van der Waals surface area contributed by atoms with Gasteiger partial charge in [-0.05, 0) is 19.8 Å². The van der Waals surface area contributed by atoms with Crippen molar-refractivity contribution < 1.29 is 4.74 Å². The summed E-state index contributed by atoms with van der Waals surface area (Å²) in [6.45, 7) is 7.79. The lowest BCUT2D eigenvalue weighted by Crippen LogP contribution is -2.24. The molecule has 0 bridgehead atoms. The minimum atomic E-state index is 0.175. The van der Waals surface area contributed by atoms with E-state index < -0.39 is 0 Å².